The lowest BCUT2D eigenvalue weighted by Crippen LogP contribution is -2.41. The van der Waals surface area contributed by atoms with Gasteiger partial charge < -0.3 is 14.0 Å². The van der Waals surface area contributed by atoms with Crippen molar-refractivity contribution in [1.29, 1.82) is 0 Å². The lowest BCUT2D eigenvalue weighted by atomic mass is 9.78. The highest BCUT2D eigenvalue weighted by atomic mass is 32.2. The summed E-state index contributed by atoms with van der Waals surface area (Å²) in [5, 5.41) is 0.647. The Kier molecular flexibility index (Phi) is 5.77. The molecule has 0 atom stereocenters. The number of amides is 1. The molecule has 1 N–H and O–H groups in total. The largest absolute Gasteiger partial charge is 0.494 e. The van der Waals surface area contributed by atoms with E-state index in [1.54, 1.807) is 24.3 Å². The van der Waals surface area contributed by atoms with Crippen LogP contribution in [0, 0.1) is 5.82 Å². The van der Waals surface area contributed by atoms with Crippen LogP contribution in [0.1, 0.15) is 33.3 Å². The summed E-state index contributed by atoms with van der Waals surface area (Å²) in [5.41, 5.74) is -0.0914. The predicted molar refractivity (Wildman–Crippen MR) is 135 cm³/mol. The average Bonchev–Trinajstić information content (AvgIpc) is 3.21. The van der Waals surface area contributed by atoms with Gasteiger partial charge in [0.2, 0.25) is 0 Å². The van der Waals surface area contributed by atoms with E-state index in [0.29, 0.717) is 15.2 Å². The number of anilines is 1. The first kappa shape index (κ1) is 24.5. The van der Waals surface area contributed by atoms with Crippen molar-refractivity contribution in [3.63, 3.8) is 0 Å². The molecule has 36 heavy (non-hydrogen) atoms. The van der Waals surface area contributed by atoms with E-state index in [9.17, 15) is 13.2 Å². The second-order valence-corrected chi connectivity index (χ2v) is 11.5. The number of rotatable bonds is 5. The van der Waals surface area contributed by atoms with E-state index in [1.165, 1.54) is 0 Å². The second kappa shape index (κ2) is 8.46. The number of halogens is 1. The van der Waals surface area contributed by atoms with Gasteiger partial charge in [0.05, 0.1) is 11.2 Å². The van der Waals surface area contributed by atoms with Crippen molar-refractivity contribution in [3.05, 3.63) is 66.0 Å². The molecule has 2 saturated heterocycles. The molecule has 8 nitrogen and oxygen atoms in total. The van der Waals surface area contributed by atoms with E-state index < -0.39 is 46.8 Å². The first-order valence-corrected chi connectivity index (χ1v) is 12.9. The molecule has 0 radical (unpaired) electrons. The Morgan fingerprint density at radius 2 is 1.72 bits per heavy atom. The van der Waals surface area contributed by atoms with E-state index in [2.05, 4.69) is 0 Å². The molecule has 11 heteroatoms. The van der Waals surface area contributed by atoms with Crippen LogP contribution in [0.2, 0.25) is 0 Å². The fraction of sp³-hybridized carbons (Fsp3) is 0.320. The highest BCUT2D eigenvalue weighted by Gasteiger charge is 2.51. The van der Waals surface area contributed by atoms with E-state index in [4.69, 9.17) is 14.0 Å². The van der Waals surface area contributed by atoms with Crippen molar-refractivity contribution < 1.29 is 31.6 Å². The Morgan fingerprint density at radius 3 is 2.33 bits per heavy atom. The summed E-state index contributed by atoms with van der Waals surface area (Å²) in [7, 11) is -5.00. The molecule has 1 amide bonds. The van der Waals surface area contributed by atoms with Gasteiger partial charge in [0.1, 0.15) is 24.6 Å². The predicted octanol–water partition coefficient (Wildman–Crippen LogP) is 3.04. The van der Waals surface area contributed by atoms with Gasteiger partial charge in [0, 0.05) is 5.39 Å². The first-order chi connectivity index (χ1) is 16.9. The van der Waals surface area contributed by atoms with Crippen LogP contribution in [-0.2, 0) is 30.9 Å². The quantitative estimate of drug-likeness (QED) is 0.529. The zero-order valence-electron chi connectivity index (χ0n) is 20.4. The zero-order valence-corrected chi connectivity index (χ0v) is 21.2. The SMILES string of the molecule is CC1(C)OB(c2ccc3cc(OCc4ccccc4)c(N4CC(=O)NS4(=O)=O)c(F)c3c2)OC1(C)C. The number of nitrogens with zero attached hydrogens (tertiary/aromatic N) is 1. The molecule has 3 aromatic rings. The molecule has 2 aliphatic rings. The maximum absolute atomic E-state index is 16.1. The number of ether oxygens (including phenoxy) is 1. The molecule has 2 fully saturated rings. The third kappa shape index (κ3) is 4.21. The van der Waals surface area contributed by atoms with Crippen LogP contribution >= 0.6 is 0 Å². The van der Waals surface area contributed by atoms with Crippen LogP contribution in [0.15, 0.2) is 54.6 Å². The van der Waals surface area contributed by atoms with E-state index >= 15 is 4.39 Å². The fourth-order valence-electron chi connectivity index (χ4n) is 4.18. The number of hydrogen-bond acceptors (Lipinski definition) is 6. The lowest BCUT2D eigenvalue weighted by molar-refractivity contribution is -0.117. The van der Waals surface area contributed by atoms with Crippen molar-refractivity contribution in [2.75, 3.05) is 10.8 Å². The molecule has 0 aliphatic carbocycles. The van der Waals surface area contributed by atoms with Gasteiger partial charge in [-0.1, -0.05) is 48.5 Å². The third-order valence-corrected chi connectivity index (χ3v) is 8.25. The molecule has 2 heterocycles. The second-order valence-electron chi connectivity index (χ2n) is 9.92. The Hall–Kier alpha value is -3.15. The minimum atomic E-state index is -4.28. The number of carbonyl (C=O) groups excluding carboxylic acids is 1. The van der Waals surface area contributed by atoms with Crippen LogP contribution in [0.5, 0.6) is 5.75 Å². The van der Waals surface area contributed by atoms with Crippen molar-refractivity contribution in [3.8, 4) is 5.75 Å². The van der Waals surface area contributed by atoms with E-state index in [1.807, 2.05) is 62.7 Å². The number of fused-ring (bicyclic) bond motifs is 1. The summed E-state index contributed by atoms with van der Waals surface area (Å²) in [4.78, 5) is 11.9. The van der Waals surface area contributed by atoms with E-state index in [0.717, 1.165) is 5.56 Å². The minimum absolute atomic E-state index is 0.00677. The first-order valence-electron chi connectivity index (χ1n) is 11.5. The average molecular weight is 512 g/mol. The number of hydrogen-bond donors (Lipinski definition) is 1. The van der Waals surface area contributed by atoms with Gasteiger partial charge in [0.25, 0.3) is 5.91 Å². The summed E-state index contributed by atoms with van der Waals surface area (Å²) < 4.78 is 62.1. The molecule has 188 valence electrons. The van der Waals surface area contributed by atoms with Crippen molar-refractivity contribution in [2.24, 2.45) is 0 Å². The van der Waals surface area contributed by atoms with Gasteiger partial charge in [-0.3, -0.25) is 4.79 Å². The standard InChI is InChI=1S/C25H26BFN2O6S/c1-24(2)25(3,4)35-26(34-24)18-11-10-17-12-20(33-15-16-8-6-5-7-9-16)23(22(27)19(17)13-18)29-14-21(30)28-36(29,31)32/h5-13H,14-15H2,1-4H3,(H,28,30). The van der Waals surface area contributed by atoms with Crippen LogP contribution in [0.25, 0.3) is 10.8 Å². The normalized spacial score (nSPS) is 20.1. The van der Waals surface area contributed by atoms with Crippen LogP contribution in [0.3, 0.4) is 0 Å². The molecular weight excluding hydrogens is 486 g/mol. The maximum Gasteiger partial charge on any atom is 0.494 e. The molecule has 0 unspecified atom stereocenters. The summed E-state index contributed by atoms with van der Waals surface area (Å²) in [6.45, 7) is 7.22. The molecule has 0 spiro atoms. The van der Waals surface area contributed by atoms with E-state index in [-0.39, 0.29) is 23.4 Å². The molecule has 0 bridgehead atoms. The smallest absolute Gasteiger partial charge is 0.487 e. The third-order valence-electron chi connectivity index (χ3n) is 6.87. The Labute approximate surface area is 209 Å². The zero-order chi connectivity index (χ0) is 25.9. The summed E-state index contributed by atoms with van der Waals surface area (Å²) in [6.07, 6.45) is 0. The van der Waals surface area contributed by atoms with Crippen molar-refractivity contribution in [1.82, 2.24) is 4.72 Å². The lowest BCUT2D eigenvalue weighted by Gasteiger charge is -2.32. The van der Waals surface area contributed by atoms with Gasteiger partial charge >= 0.3 is 17.3 Å². The molecule has 3 aromatic carbocycles. The molecule has 0 aromatic heterocycles. The molecule has 0 saturated carbocycles. The van der Waals surface area contributed by atoms with Crippen molar-refractivity contribution in [2.45, 2.75) is 45.5 Å². The van der Waals surface area contributed by atoms with Crippen molar-refractivity contribution >= 4 is 45.2 Å². The maximum atomic E-state index is 16.1. The van der Waals surface area contributed by atoms with Crippen LogP contribution in [-0.4, -0.2) is 39.2 Å². The van der Waals surface area contributed by atoms with Gasteiger partial charge in [0.15, 0.2) is 5.82 Å². The number of nitrogens with one attached hydrogen (secondary N) is 1. The van der Waals surface area contributed by atoms with Gasteiger partial charge in [-0.25, -0.2) is 13.4 Å². The highest BCUT2D eigenvalue weighted by Crippen LogP contribution is 2.40. The molecule has 2 aliphatic heterocycles. The summed E-state index contributed by atoms with van der Waals surface area (Å²) in [6, 6.07) is 15.9. The summed E-state index contributed by atoms with van der Waals surface area (Å²) >= 11 is 0. The van der Waals surface area contributed by atoms with Gasteiger partial charge in [-0.2, -0.15) is 8.42 Å². The number of carbonyl (C=O) groups is 1. The van der Waals surface area contributed by atoms with Crippen LogP contribution in [0.4, 0.5) is 10.1 Å². The topological polar surface area (TPSA) is 94.2 Å². The Morgan fingerprint density at radius 1 is 1.06 bits per heavy atom. The molecular formula is C25H26BFN2O6S. The molecule has 5 rings (SSSR count). The summed E-state index contributed by atoms with van der Waals surface area (Å²) in [5.74, 6) is -1.57. The Balaban J connectivity index is 1.61. The monoisotopic (exact) mass is 512 g/mol. The van der Waals surface area contributed by atoms with Crippen LogP contribution < -0.4 is 19.2 Å². The van der Waals surface area contributed by atoms with Gasteiger partial charge in [-0.05, 0) is 50.2 Å². The fourth-order valence-corrected chi connectivity index (χ4v) is 5.34. The minimum Gasteiger partial charge on any atom is -0.487 e. The number of benzene rings is 3. The van der Waals surface area contributed by atoms with Gasteiger partial charge in [-0.15, -0.1) is 0 Å². The Bertz CT molecular complexity index is 1450. The highest BCUT2D eigenvalue weighted by molar-refractivity contribution is 7.92.